The summed E-state index contributed by atoms with van der Waals surface area (Å²) in [5, 5.41) is 3.34. The quantitative estimate of drug-likeness (QED) is 0.129. The highest BCUT2D eigenvalue weighted by atomic mass is 14.9. The number of hydrogen-bond acceptors (Lipinski definition) is 4. The Morgan fingerprint density at radius 2 is 1.27 bits per heavy atom. The monoisotopic (exact) mass is 565 g/mol. The van der Waals surface area contributed by atoms with E-state index in [-0.39, 0.29) is 0 Å². The predicted molar refractivity (Wildman–Crippen MR) is 201 cm³/mol. The SMILES string of the molecule is C#C.C/C=C(/C)NC(C)CC.C=C.C=C.C=C.C=CCC(C)=NC.C=NCCCC.CC.CC.CCN=C(C)C. The molecule has 0 aliphatic heterocycles. The highest BCUT2D eigenvalue weighted by Gasteiger charge is 1.94. The Bertz CT molecular complexity index is 491. The van der Waals surface area contributed by atoms with Crippen molar-refractivity contribution in [3.05, 3.63) is 63.9 Å². The molecule has 0 heterocycles. The van der Waals surface area contributed by atoms with E-state index < -0.39 is 0 Å². The molecule has 0 aromatic carbocycles. The maximum absolute atomic E-state index is 4.04. The van der Waals surface area contributed by atoms with Gasteiger partial charge in [0, 0.05) is 49.7 Å². The van der Waals surface area contributed by atoms with Crippen LogP contribution in [0.3, 0.4) is 0 Å². The fraction of sp³-hybridized carbons (Fsp3) is 0.583. The first-order valence-corrected chi connectivity index (χ1v) is 14.4. The maximum Gasteiger partial charge on any atom is 0.0382 e. The molecular weight excluding hydrogens is 488 g/mol. The van der Waals surface area contributed by atoms with Crippen molar-refractivity contribution >= 4 is 18.1 Å². The molecule has 0 aliphatic rings. The molecule has 0 rings (SSSR count). The molecule has 0 aliphatic carbocycles. The molecule has 1 atom stereocenters. The smallest absolute Gasteiger partial charge is 0.0382 e. The zero-order valence-electron chi connectivity index (χ0n) is 30.1. The molecule has 4 heteroatoms. The number of unbranched alkanes of at least 4 members (excludes halogenated alkanes) is 1. The van der Waals surface area contributed by atoms with Crippen LogP contribution in [-0.2, 0) is 0 Å². The summed E-state index contributed by atoms with van der Waals surface area (Å²) in [6.45, 7) is 53.4. The fourth-order valence-electron chi connectivity index (χ4n) is 1.46. The lowest BCUT2D eigenvalue weighted by Crippen LogP contribution is -2.22. The summed E-state index contributed by atoms with van der Waals surface area (Å²) in [7, 11) is 1.79. The molecule has 0 bridgehead atoms. The lowest BCUT2D eigenvalue weighted by molar-refractivity contribution is 0.595. The van der Waals surface area contributed by atoms with E-state index in [1.807, 2.05) is 68.4 Å². The highest BCUT2D eigenvalue weighted by molar-refractivity contribution is 5.82. The van der Waals surface area contributed by atoms with Crippen molar-refractivity contribution in [3.63, 3.8) is 0 Å². The van der Waals surface area contributed by atoms with Crippen molar-refractivity contribution in [3.8, 4) is 12.8 Å². The van der Waals surface area contributed by atoms with Gasteiger partial charge in [-0.05, 0) is 68.0 Å². The number of terminal acetylenes is 1. The minimum Gasteiger partial charge on any atom is -0.386 e. The van der Waals surface area contributed by atoms with Crippen LogP contribution in [-0.4, -0.2) is 44.3 Å². The molecule has 0 aromatic rings. The Hall–Kier alpha value is -2.93. The highest BCUT2D eigenvalue weighted by Crippen LogP contribution is 1.93. The molecule has 0 aromatic heterocycles. The van der Waals surface area contributed by atoms with Crippen LogP contribution in [0.1, 0.15) is 116 Å². The fourth-order valence-corrected chi connectivity index (χ4v) is 1.46. The van der Waals surface area contributed by atoms with E-state index in [2.05, 4.69) is 120 Å². The first-order chi connectivity index (χ1) is 19.2. The van der Waals surface area contributed by atoms with Gasteiger partial charge in [0.05, 0.1) is 0 Å². The van der Waals surface area contributed by atoms with Gasteiger partial charge < -0.3 is 10.3 Å². The van der Waals surface area contributed by atoms with E-state index in [1.54, 1.807) is 7.05 Å². The third kappa shape index (κ3) is 158. The van der Waals surface area contributed by atoms with Crippen LogP contribution in [0.4, 0.5) is 0 Å². The molecule has 0 radical (unpaired) electrons. The molecular formula is C36H76N4. The topological polar surface area (TPSA) is 49.1 Å². The molecule has 0 spiro atoms. The van der Waals surface area contributed by atoms with Gasteiger partial charge in [0.2, 0.25) is 0 Å². The van der Waals surface area contributed by atoms with Crippen molar-refractivity contribution in [1.82, 2.24) is 5.32 Å². The summed E-state index contributed by atoms with van der Waals surface area (Å²) in [6.07, 6.45) is 16.4. The minimum atomic E-state index is 0.612. The zero-order valence-corrected chi connectivity index (χ0v) is 30.1. The van der Waals surface area contributed by atoms with E-state index in [9.17, 15) is 0 Å². The summed E-state index contributed by atoms with van der Waals surface area (Å²) < 4.78 is 0. The molecule has 40 heavy (non-hydrogen) atoms. The summed E-state index contributed by atoms with van der Waals surface area (Å²) in [5.74, 6) is 0. The van der Waals surface area contributed by atoms with Gasteiger partial charge >= 0.3 is 0 Å². The van der Waals surface area contributed by atoms with Crippen molar-refractivity contribution in [2.24, 2.45) is 15.0 Å². The van der Waals surface area contributed by atoms with Crippen molar-refractivity contribution in [1.29, 1.82) is 0 Å². The number of allylic oxidation sites excluding steroid dienone is 3. The van der Waals surface area contributed by atoms with E-state index in [0.29, 0.717) is 6.04 Å². The van der Waals surface area contributed by atoms with Gasteiger partial charge in [-0.3, -0.25) is 9.98 Å². The van der Waals surface area contributed by atoms with Gasteiger partial charge in [-0.1, -0.05) is 60.1 Å². The van der Waals surface area contributed by atoms with Crippen LogP contribution in [0.5, 0.6) is 0 Å². The van der Waals surface area contributed by atoms with Crippen molar-refractivity contribution in [2.75, 3.05) is 20.1 Å². The van der Waals surface area contributed by atoms with Gasteiger partial charge in [0.25, 0.3) is 0 Å². The molecule has 0 saturated carbocycles. The molecule has 240 valence electrons. The Balaban J connectivity index is -0.0000000334. The first kappa shape index (κ1) is 65.8. The summed E-state index contributed by atoms with van der Waals surface area (Å²) in [5.41, 5.74) is 3.57. The largest absolute Gasteiger partial charge is 0.386 e. The molecule has 4 nitrogen and oxygen atoms in total. The first-order valence-electron chi connectivity index (χ1n) is 14.4. The lowest BCUT2D eigenvalue weighted by atomic mass is 10.2. The third-order valence-electron chi connectivity index (χ3n) is 3.49. The minimum absolute atomic E-state index is 0.612. The van der Waals surface area contributed by atoms with E-state index >= 15 is 0 Å². The van der Waals surface area contributed by atoms with Crippen molar-refractivity contribution < 1.29 is 0 Å². The second-order valence-corrected chi connectivity index (χ2v) is 6.60. The van der Waals surface area contributed by atoms with Gasteiger partial charge in [-0.15, -0.1) is 58.9 Å². The molecule has 0 fully saturated rings. The second kappa shape index (κ2) is 99.9. The average Bonchev–Trinajstić information content (AvgIpc) is 3.02. The van der Waals surface area contributed by atoms with Crippen LogP contribution in [0.15, 0.2) is 78.9 Å². The van der Waals surface area contributed by atoms with Crippen LogP contribution < -0.4 is 5.32 Å². The molecule has 0 amide bonds. The van der Waals surface area contributed by atoms with Crippen molar-refractivity contribution in [2.45, 2.75) is 122 Å². The Morgan fingerprint density at radius 3 is 1.40 bits per heavy atom. The Labute approximate surface area is 256 Å². The van der Waals surface area contributed by atoms with Crippen LogP contribution in [0.2, 0.25) is 0 Å². The normalized spacial score (nSPS) is 8.50. The van der Waals surface area contributed by atoms with Gasteiger partial charge in [0.15, 0.2) is 0 Å². The van der Waals surface area contributed by atoms with E-state index in [4.69, 9.17) is 0 Å². The number of nitrogens with one attached hydrogen (secondary N) is 1. The maximum atomic E-state index is 4.04. The summed E-state index contributed by atoms with van der Waals surface area (Å²) in [6, 6.07) is 0.612. The number of hydrogen-bond donors (Lipinski definition) is 1. The molecule has 0 saturated heterocycles. The Kier molecular flexibility index (Phi) is 164. The van der Waals surface area contributed by atoms with Crippen LogP contribution in [0.25, 0.3) is 0 Å². The lowest BCUT2D eigenvalue weighted by Gasteiger charge is -2.11. The third-order valence-corrected chi connectivity index (χ3v) is 3.49. The van der Waals surface area contributed by atoms with Gasteiger partial charge in [-0.2, -0.15) is 0 Å². The molecule has 1 unspecified atom stereocenters. The van der Waals surface area contributed by atoms with Crippen LogP contribution in [0, 0.1) is 12.8 Å². The number of rotatable bonds is 9. The number of aliphatic imine (C=N–C) groups is 3. The zero-order chi connectivity index (χ0) is 34.8. The van der Waals surface area contributed by atoms with E-state index in [0.717, 1.165) is 30.9 Å². The standard InChI is InChI=1S/C8H17N.C6H11N.2C5H11N.2C2H6.3C2H4.C2H2/c1-5-7(3)9-8(4)6-2;1-4-5-6(2)7-3;1-4-6-5(2)3;1-3-4-5-6-2;6*1-2/h5,8-9H,6H2,1-4H3;4H,1,5H2,2-3H3;4H2,1-3H3;2-5H2,1H3;2*1-2H3;3*1-2H2;1-2H/b7-5-;;;;;;;;;. The second-order valence-electron chi connectivity index (χ2n) is 6.60. The van der Waals surface area contributed by atoms with Gasteiger partial charge in [-0.25, -0.2) is 0 Å². The average molecular weight is 565 g/mol. The summed E-state index contributed by atoms with van der Waals surface area (Å²) >= 11 is 0. The van der Waals surface area contributed by atoms with Gasteiger partial charge in [0.1, 0.15) is 0 Å². The summed E-state index contributed by atoms with van der Waals surface area (Å²) in [4.78, 5) is 11.6. The number of nitrogens with zero attached hydrogens (tertiary/aromatic N) is 3. The Morgan fingerprint density at radius 1 is 0.875 bits per heavy atom. The predicted octanol–water partition coefficient (Wildman–Crippen LogP) is 11.6. The molecule has 1 N–H and O–H groups in total. The van der Waals surface area contributed by atoms with E-state index in [1.165, 1.54) is 25.0 Å². The van der Waals surface area contributed by atoms with Crippen LogP contribution >= 0.6 is 0 Å².